The molecule has 2 aliphatic rings. The molecular formula is C19H29BrN4O. The molecule has 0 bridgehead atoms. The Bertz CT molecular complexity index is 589. The fourth-order valence-electron chi connectivity index (χ4n) is 3.91. The van der Waals surface area contributed by atoms with E-state index in [4.69, 9.17) is 0 Å². The third-order valence-electron chi connectivity index (χ3n) is 5.48. The van der Waals surface area contributed by atoms with E-state index in [1.807, 2.05) is 31.2 Å². The van der Waals surface area contributed by atoms with Crippen LogP contribution < -0.4 is 5.32 Å². The molecule has 2 atom stereocenters. The molecule has 1 amide bonds. The molecule has 1 aromatic carbocycles. The van der Waals surface area contributed by atoms with Gasteiger partial charge in [0.05, 0.1) is 6.04 Å². The van der Waals surface area contributed by atoms with Gasteiger partial charge in [-0.25, -0.2) is 0 Å². The highest BCUT2D eigenvalue weighted by molar-refractivity contribution is 9.10. The zero-order valence-electron chi connectivity index (χ0n) is 15.2. The Kier molecular flexibility index (Phi) is 6.49. The highest BCUT2D eigenvalue weighted by Gasteiger charge is 2.30. The molecule has 2 unspecified atom stereocenters. The van der Waals surface area contributed by atoms with Crippen LogP contribution in [0.2, 0.25) is 0 Å². The van der Waals surface area contributed by atoms with Crippen LogP contribution in [0.4, 0.5) is 5.69 Å². The molecule has 25 heavy (non-hydrogen) atoms. The molecule has 3 rings (SSSR count). The van der Waals surface area contributed by atoms with E-state index >= 15 is 0 Å². The summed E-state index contributed by atoms with van der Waals surface area (Å²) in [4.78, 5) is 19.9. The molecule has 2 heterocycles. The SMILES string of the molecule is CC(C(=O)Nc1cccc(Br)c1)N1CCN(C2CCCN(C)C2)CC1. The topological polar surface area (TPSA) is 38.8 Å². The molecule has 0 saturated carbocycles. The van der Waals surface area contributed by atoms with Gasteiger partial charge in [-0.05, 0) is 51.6 Å². The van der Waals surface area contributed by atoms with Gasteiger partial charge in [0.15, 0.2) is 0 Å². The first-order chi connectivity index (χ1) is 12.0. The van der Waals surface area contributed by atoms with Crippen molar-refractivity contribution in [2.24, 2.45) is 0 Å². The fourth-order valence-corrected chi connectivity index (χ4v) is 4.31. The highest BCUT2D eigenvalue weighted by atomic mass is 79.9. The number of halogens is 1. The first-order valence-corrected chi connectivity index (χ1v) is 10.1. The number of likely N-dealkylation sites (tertiary alicyclic amines) is 1. The number of carbonyl (C=O) groups is 1. The predicted molar refractivity (Wildman–Crippen MR) is 106 cm³/mol. The standard InChI is InChI=1S/C19H29BrN4O/c1-15(19(25)21-17-6-3-5-16(20)13-17)23-9-11-24(12-10-23)18-7-4-8-22(2)14-18/h3,5-6,13,15,18H,4,7-12,14H2,1-2H3,(H,21,25). The molecular weight excluding hydrogens is 380 g/mol. The molecule has 1 N–H and O–H groups in total. The maximum atomic E-state index is 12.6. The number of benzene rings is 1. The number of hydrogen-bond acceptors (Lipinski definition) is 4. The number of anilines is 1. The number of amides is 1. The van der Waals surface area contributed by atoms with E-state index in [-0.39, 0.29) is 11.9 Å². The van der Waals surface area contributed by atoms with Crippen LogP contribution in [0, 0.1) is 0 Å². The van der Waals surface area contributed by atoms with Gasteiger partial charge >= 0.3 is 0 Å². The van der Waals surface area contributed by atoms with Crippen molar-refractivity contribution >= 4 is 27.5 Å². The van der Waals surface area contributed by atoms with Gasteiger partial charge < -0.3 is 10.2 Å². The second-order valence-corrected chi connectivity index (χ2v) is 8.22. The molecule has 2 aliphatic heterocycles. The summed E-state index contributed by atoms with van der Waals surface area (Å²) in [6.07, 6.45) is 2.61. The van der Waals surface area contributed by atoms with E-state index in [0.717, 1.165) is 36.3 Å². The van der Waals surface area contributed by atoms with Gasteiger partial charge in [-0.1, -0.05) is 22.0 Å². The normalized spacial score (nSPS) is 24.8. The van der Waals surface area contributed by atoms with Crippen molar-refractivity contribution in [1.82, 2.24) is 14.7 Å². The number of likely N-dealkylation sites (N-methyl/N-ethyl adjacent to an activating group) is 1. The minimum absolute atomic E-state index is 0.0731. The van der Waals surface area contributed by atoms with E-state index in [1.165, 1.54) is 25.9 Å². The monoisotopic (exact) mass is 408 g/mol. The molecule has 5 nitrogen and oxygen atoms in total. The Morgan fingerprint density at radius 1 is 1.24 bits per heavy atom. The minimum atomic E-state index is -0.102. The summed E-state index contributed by atoms with van der Waals surface area (Å²) in [5.74, 6) is 0.0731. The lowest BCUT2D eigenvalue weighted by molar-refractivity contribution is -0.121. The van der Waals surface area contributed by atoms with Crippen LogP contribution in [0.5, 0.6) is 0 Å². The summed E-state index contributed by atoms with van der Waals surface area (Å²) in [7, 11) is 2.22. The van der Waals surface area contributed by atoms with Gasteiger partial charge in [-0.2, -0.15) is 0 Å². The number of nitrogens with one attached hydrogen (secondary N) is 1. The van der Waals surface area contributed by atoms with Gasteiger partial charge in [0, 0.05) is 48.9 Å². The van der Waals surface area contributed by atoms with Crippen molar-refractivity contribution in [3.63, 3.8) is 0 Å². The molecule has 2 saturated heterocycles. The summed E-state index contributed by atoms with van der Waals surface area (Å²) in [5.41, 5.74) is 0.843. The van der Waals surface area contributed by atoms with Gasteiger partial charge in [-0.3, -0.25) is 14.6 Å². The Balaban J connectivity index is 1.49. The quantitative estimate of drug-likeness (QED) is 0.830. The number of carbonyl (C=O) groups excluding carboxylic acids is 1. The van der Waals surface area contributed by atoms with E-state index in [0.29, 0.717) is 6.04 Å². The second kappa shape index (κ2) is 8.62. The lowest BCUT2D eigenvalue weighted by Gasteiger charge is -2.43. The predicted octanol–water partition coefficient (Wildman–Crippen LogP) is 2.49. The maximum absolute atomic E-state index is 12.6. The molecule has 1 aromatic rings. The van der Waals surface area contributed by atoms with Gasteiger partial charge in [0.25, 0.3) is 0 Å². The van der Waals surface area contributed by atoms with Crippen LogP contribution in [0.25, 0.3) is 0 Å². The number of nitrogens with zero attached hydrogens (tertiary/aromatic N) is 3. The molecule has 0 aromatic heterocycles. The number of piperidine rings is 1. The third-order valence-corrected chi connectivity index (χ3v) is 5.98. The van der Waals surface area contributed by atoms with E-state index < -0.39 is 0 Å². The summed E-state index contributed by atoms with van der Waals surface area (Å²) < 4.78 is 0.976. The van der Waals surface area contributed by atoms with Crippen LogP contribution >= 0.6 is 15.9 Å². The first kappa shape index (κ1) is 18.8. The Hall–Kier alpha value is -0.950. The minimum Gasteiger partial charge on any atom is -0.325 e. The van der Waals surface area contributed by atoms with Crippen molar-refractivity contribution in [2.45, 2.75) is 31.8 Å². The van der Waals surface area contributed by atoms with Crippen molar-refractivity contribution in [3.8, 4) is 0 Å². The summed E-state index contributed by atoms with van der Waals surface area (Å²) in [5, 5.41) is 3.03. The molecule has 0 spiro atoms. The molecule has 138 valence electrons. The van der Waals surface area contributed by atoms with Gasteiger partial charge in [0.1, 0.15) is 0 Å². The molecule has 0 radical (unpaired) electrons. The lowest BCUT2D eigenvalue weighted by Crippen LogP contribution is -2.57. The van der Waals surface area contributed by atoms with Gasteiger partial charge in [-0.15, -0.1) is 0 Å². The third kappa shape index (κ3) is 5.03. The number of hydrogen-bond donors (Lipinski definition) is 1. The smallest absolute Gasteiger partial charge is 0.241 e. The molecule has 6 heteroatoms. The van der Waals surface area contributed by atoms with Crippen molar-refractivity contribution in [2.75, 3.05) is 51.6 Å². The molecule has 2 fully saturated rings. The van der Waals surface area contributed by atoms with Crippen molar-refractivity contribution < 1.29 is 4.79 Å². The second-order valence-electron chi connectivity index (χ2n) is 7.31. The molecule has 0 aliphatic carbocycles. The van der Waals surface area contributed by atoms with Crippen LogP contribution in [-0.2, 0) is 4.79 Å². The summed E-state index contributed by atoms with van der Waals surface area (Å²) >= 11 is 3.44. The van der Waals surface area contributed by atoms with Crippen LogP contribution in [0.1, 0.15) is 19.8 Å². The van der Waals surface area contributed by atoms with E-state index in [1.54, 1.807) is 0 Å². The van der Waals surface area contributed by atoms with E-state index in [2.05, 4.69) is 43.0 Å². The zero-order valence-corrected chi connectivity index (χ0v) is 16.8. The zero-order chi connectivity index (χ0) is 17.8. The first-order valence-electron chi connectivity index (χ1n) is 9.26. The van der Waals surface area contributed by atoms with E-state index in [9.17, 15) is 4.79 Å². The Labute approximate surface area is 159 Å². The number of rotatable bonds is 4. The lowest BCUT2D eigenvalue weighted by atomic mass is 10.0. The maximum Gasteiger partial charge on any atom is 0.241 e. The number of piperazine rings is 1. The Morgan fingerprint density at radius 3 is 2.68 bits per heavy atom. The van der Waals surface area contributed by atoms with Crippen molar-refractivity contribution in [3.05, 3.63) is 28.7 Å². The Morgan fingerprint density at radius 2 is 2.00 bits per heavy atom. The average Bonchev–Trinajstić information content (AvgIpc) is 2.61. The highest BCUT2D eigenvalue weighted by Crippen LogP contribution is 2.19. The van der Waals surface area contributed by atoms with Crippen LogP contribution in [0.3, 0.4) is 0 Å². The fraction of sp³-hybridized carbons (Fsp3) is 0.632. The van der Waals surface area contributed by atoms with Crippen LogP contribution in [0.15, 0.2) is 28.7 Å². The largest absolute Gasteiger partial charge is 0.325 e. The van der Waals surface area contributed by atoms with Crippen LogP contribution in [-0.4, -0.2) is 79.0 Å². The summed E-state index contributed by atoms with van der Waals surface area (Å²) in [6, 6.07) is 8.34. The van der Waals surface area contributed by atoms with Gasteiger partial charge in [0.2, 0.25) is 5.91 Å². The summed E-state index contributed by atoms with van der Waals surface area (Å²) in [6.45, 7) is 8.47. The van der Waals surface area contributed by atoms with Crippen molar-refractivity contribution in [1.29, 1.82) is 0 Å². The average molecular weight is 409 g/mol.